The van der Waals surface area contributed by atoms with Crippen LogP contribution in [-0.4, -0.2) is 42.7 Å². The Bertz CT molecular complexity index is 1210. The second-order valence-electron chi connectivity index (χ2n) is 6.90. The van der Waals surface area contributed by atoms with Crippen molar-refractivity contribution in [1.82, 2.24) is 35.0 Å². The second-order valence-corrected chi connectivity index (χ2v) is 6.90. The van der Waals surface area contributed by atoms with Crippen LogP contribution in [0.4, 0.5) is 5.69 Å². The molecule has 1 amide bonds. The predicted molar refractivity (Wildman–Crippen MR) is 118 cm³/mol. The molecule has 0 unspecified atom stereocenters. The van der Waals surface area contributed by atoms with Crippen molar-refractivity contribution in [2.75, 3.05) is 12.4 Å². The Morgan fingerprint density at radius 3 is 2.78 bits per heavy atom. The van der Waals surface area contributed by atoms with Gasteiger partial charge in [-0.25, -0.2) is 9.97 Å². The Morgan fingerprint density at radius 1 is 1.09 bits per heavy atom. The molecule has 0 fully saturated rings. The average Bonchev–Trinajstić information content (AvgIpc) is 3.22. The molecule has 0 spiro atoms. The molecule has 0 saturated heterocycles. The zero-order valence-electron chi connectivity index (χ0n) is 17.7. The molecule has 0 radical (unpaired) electrons. The number of ether oxygens (including phenoxy) is 1. The summed E-state index contributed by atoms with van der Waals surface area (Å²) < 4.78 is 7.14. The standard InChI is InChI=1S/C22H22N8O2/c1-30-20(28-29-21(30)18-7-9-24-14-27-18)13-25-17-5-3-4-15(10-17)22(31)26-11-16-6-8-23-12-19(16)32-2/h3-10,12,14,25H,11,13H2,1-2H3,(H,26,31). The number of amides is 1. The zero-order chi connectivity index (χ0) is 22.3. The highest BCUT2D eigenvalue weighted by molar-refractivity contribution is 5.95. The SMILES string of the molecule is COc1cnccc1CNC(=O)c1cccc(NCc2nnc(-c3ccncn3)n2C)c1. The Labute approximate surface area is 184 Å². The fourth-order valence-corrected chi connectivity index (χ4v) is 3.13. The number of hydrogen-bond acceptors (Lipinski definition) is 8. The Kier molecular flexibility index (Phi) is 6.30. The van der Waals surface area contributed by atoms with Crippen molar-refractivity contribution in [2.45, 2.75) is 13.1 Å². The smallest absolute Gasteiger partial charge is 0.251 e. The van der Waals surface area contributed by atoms with Crippen molar-refractivity contribution in [3.05, 3.63) is 78.3 Å². The summed E-state index contributed by atoms with van der Waals surface area (Å²) >= 11 is 0. The lowest BCUT2D eigenvalue weighted by Gasteiger charge is -2.11. The minimum absolute atomic E-state index is 0.183. The van der Waals surface area contributed by atoms with Gasteiger partial charge in [-0.15, -0.1) is 10.2 Å². The van der Waals surface area contributed by atoms with E-state index in [9.17, 15) is 4.79 Å². The minimum atomic E-state index is -0.183. The molecule has 0 aliphatic carbocycles. The molecule has 32 heavy (non-hydrogen) atoms. The molecule has 0 saturated carbocycles. The van der Waals surface area contributed by atoms with Gasteiger partial charge in [0.05, 0.1) is 19.9 Å². The number of anilines is 1. The number of hydrogen-bond donors (Lipinski definition) is 2. The van der Waals surface area contributed by atoms with Crippen LogP contribution in [-0.2, 0) is 20.1 Å². The molecule has 10 nitrogen and oxygen atoms in total. The van der Waals surface area contributed by atoms with Crippen LogP contribution in [0.2, 0.25) is 0 Å². The lowest BCUT2D eigenvalue weighted by molar-refractivity contribution is 0.0950. The molecule has 3 heterocycles. The van der Waals surface area contributed by atoms with Crippen LogP contribution in [0.5, 0.6) is 5.75 Å². The first-order chi connectivity index (χ1) is 15.7. The van der Waals surface area contributed by atoms with Crippen molar-refractivity contribution in [3.8, 4) is 17.3 Å². The van der Waals surface area contributed by atoms with Gasteiger partial charge in [-0.1, -0.05) is 6.07 Å². The fraction of sp³-hybridized carbons (Fsp3) is 0.182. The summed E-state index contributed by atoms with van der Waals surface area (Å²) in [5.74, 6) is 1.84. The van der Waals surface area contributed by atoms with Crippen LogP contribution in [0.15, 0.2) is 61.3 Å². The Morgan fingerprint density at radius 2 is 1.97 bits per heavy atom. The number of nitrogens with one attached hydrogen (secondary N) is 2. The van der Waals surface area contributed by atoms with Gasteiger partial charge in [0.15, 0.2) is 11.6 Å². The largest absolute Gasteiger partial charge is 0.495 e. The number of nitrogens with zero attached hydrogens (tertiary/aromatic N) is 6. The Hall–Kier alpha value is -4.34. The summed E-state index contributed by atoms with van der Waals surface area (Å²) in [5.41, 5.74) is 2.89. The van der Waals surface area contributed by atoms with Gasteiger partial charge in [-0.3, -0.25) is 9.78 Å². The fourth-order valence-electron chi connectivity index (χ4n) is 3.13. The highest BCUT2D eigenvalue weighted by Gasteiger charge is 2.12. The molecule has 0 atom stereocenters. The van der Waals surface area contributed by atoms with Gasteiger partial charge in [-0.05, 0) is 30.3 Å². The maximum atomic E-state index is 12.6. The van der Waals surface area contributed by atoms with Gasteiger partial charge in [0.1, 0.15) is 17.8 Å². The minimum Gasteiger partial charge on any atom is -0.495 e. The van der Waals surface area contributed by atoms with Crippen LogP contribution in [0, 0.1) is 0 Å². The molecule has 0 aliphatic rings. The highest BCUT2D eigenvalue weighted by Crippen LogP contribution is 2.17. The van der Waals surface area contributed by atoms with E-state index in [4.69, 9.17) is 4.74 Å². The van der Waals surface area contributed by atoms with Gasteiger partial charge >= 0.3 is 0 Å². The van der Waals surface area contributed by atoms with Crippen LogP contribution in [0.25, 0.3) is 11.5 Å². The Balaban J connectivity index is 1.39. The number of aromatic nitrogens is 6. The molecule has 3 aromatic heterocycles. The second kappa shape index (κ2) is 9.65. The summed E-state index contributed by atoms with van der Waals surface area (Å²) in [5, 5.41) is 14.7. The number of rotatable bonds is 8. The monoisotopic (exact) mass is 430 g/mol. The van der Waals surface area contributed by atoms with E-state index >= 15 is 0 Å². The van der Waals surface area contributed by atoms with Gasteiger partial charge in [0, 0.05) is 42.8 Å². The van der Waals surface area contributed by atoms with E-state index in [-0.39, 0.29) is 5.91 Å². The van der Waals surface area contributed by atoms with Crippen molar-refractivity contribution in [1.29, 1.82) is 0 Å². The summed E-state index contributed by atoms with van der Waals surface area (Å²) in [6.45, 7) is 0.779. The van der Waals surface area contributed by atoms with Gasteiger partial charge in [-0.2, -0.15) is 0 Å². The molecule has 4 rings (SSSR count). The molecular formula is C22H22N8O2. The molecule has 4 aromatic rings. The third kappa shape index (κ3) is 4.69. The van der Waals surface area contributed by atoms with Crippen LogP contribution < -0.4 is 15.4 Å². The van der Waals surface area contributed by atoms with E-state index in [0.29, 0.717) is 35.9 Å². The number of carbonyl (C=O) groups is 1. The van der Waals surface area contributed by atoms with E-state index in [1.165, 1.54) is 6.33 Å². The summed E-state index contributed by atoms with van der Waals surface area (Å²) in [6.07, 6.45) is 6.42. The van der Waals surface area contributed by atoms with Crippen LogP contribution in [0.3, 0.4) is 0 Å². The maximum Gasteiger partial charge on any atom is 0.251 e. The quantitative estimate of drug-likeness (QED) is 0.437. The van der Waals surface area contributed by atoms with E-state index in [1.807, 2.05) is 29.8 Å². The summed E-state index contributed by atoms with van der Waals surface area (Å²) in [6, 6.07) is 10.9. The average molecular weight is 430 g/mol. The lowest BCUT2D eigenvalue weighted by Crippen LogP contribution is -2.23. The zero-order valence-corrected chi connectivity index (χ0v) is 17.7. The first-order valence-electron chi connectivity index (χ1n) is 9.89. The van der Waals surface area contributed by atoms with Gasteiger partial charge in [0.2, 0.25) is 0 Å². The number of benzene rings is 1. The van der Waals surface area contributed by atoms with E-state index in [2.05, 4.69) is 35.8 Å². The van der Waals surface area contributed by atoms with Gasteiger partial charge < -0.3 is 19.9 Å². The highest BCUT2D eigenvalue weighted by atomic mass is 16.5. The molecule has 10 heteroatoms. The van der Waals surface area contributed by atoms with E-state index in [1.54, 1.807) is 43.9 Å². The van der Waals surface area contributed by atoms with Crippen LogP contribution >= 0.6 is 0 Å². The lowest BCUT2D eigenvalue weighted by atomic mass is 10.1. The van der Waals surface area contributed by atoms with Crippen molar-refractivity contribution in [3.63, 3.8) is 0 Å². The molecule has 1 aromatic carbocycles. The normalized spacial score (nSPS) is 10.6. The van der Waals surface area contributed by atoms with Crippen molar-refractivity contribution >= 4 is 11.6 Å². The topological polar surface area (TPSA) is 120 Å². The first-order valence-corrected chi connectivity index (χ1v) is 9.89. The predicted octanol–water partition coefficient (Wildman–Crippen LogP) is 2.22. The number of carbonyl (C=O) groups excluding carboxylic acids is 1. The molecule has 0 aliphatic heterocycles. The maximum absolute atomic E-state index is 12.6. The summed E-state index contributed by atoms with van der Waals surface area (Å²) in [4.78, 5) is 24.8. The number of pyridine rings is 1. The molecule has 162 valence electrons. The van der Waals surface area contributed by atoms with Gasteiger partial charge in [0.25, 0.3) is 5.91 Å². The summed E-state index contributed by atoms with van der Waals surface area (Å²) in [7, 11) is 3.46. The van der Waals surface area contributed by atoms with E-state index < -0.39 is 0 Å². The number of methoxy groups -OCH3 is 1. The van der Waals surface area contributed by atoms with Crippen molar-refractivity contribution < 1.29 is 9.53 Å². The van der Waals surface area contributed by atoms with Crippen LogP contribution in [0.1, 0.15) is 21.7 Å². The molecular weight excluding hydrogens is 408 g/mol. The molecule has 0 bridgehead atoms. The third-order valence-electron chi connectivity index (χ3n) is 4.88. The van der Waals surface area contributed by atoms with Crippen molar-refractivity contribution in [2.24, 2.45) is 7.05 Å². The van der Waals surface area contributed by atoms with E-state index in [0.717, 1.165) is 17.1 Å². The first kappa shape index (κ1) is 20.9. The molecule has 2 N–H and O–H groups in total. The third-order valence-corrected chi connectivity index (χ3v) is 4.88.